The highest BCUT2D eigenvalue weighted by atomic mass is 16.3. The van der Waals surface area contributed by atoms with Crippen LogP contribution in [0.2, 0.25) is 0 Å². The Hall–Kier alpha value is -13.4. The molecule has 0 saturated carbocycles. The van der Waals surface area contributed by atoms with Crippen LogP contribution in [-0.4, -0.2) is 0 Å². The molecular formula is C103H77N3O4. The van der Waals surface area contributed by atoms with Gasteiger partial charge in [0.25, 0.3) is 0 Å². The molecule has 0 radical (unpaired) electrons. The Morgan fingerprint density at radius 1 is 0.291 bits per heavy atom. The molecule has 20 aromatic rings. The van der Waals surface area contributed by atoms with Crippen LogP contribution >= 0.6 is 0 Å². The number of fused-ring (bicyclic) bond motifs is 10. The molecule has 10 bridgehead atoms. The van der Waals surface area contributed by atoms with Crippen LogP contribution in [0.3, 0.4) is 0 Å². The summed E-state index contributed by atoms with van der Waals surface area (Å²) in [6.07, 6.45) is 0. The van der Waals surface area contributed by atoms with E-state index in [1.54, 1.807) is 0 Å². The maximum Gasteiger partial charge on any atom is 0.160 e. The maximum absolute atomic E-state index is 7.95. The van der Waals surface area contributed by atoms with E-state index >= 15 is 0 Å². The average Bonchev–Trinajstić information content (AvgIpc) is 1.47. The lowest BCUT2D eigenvalue weighted by Crippen LogP contribution is -2.19. The van der Waals surface area contributed by atoms with Crippen LogP contribution in [0.1, 0.15) is 77.6 Å². The summed E-state index contributed by atoms with van der Waals surface area (Å²) < 4.78 is 30.5. The van der Waals surface area contributed by atoms with E-state index in [-0.39, 0.29) is 10.8 Å². The van der Waals surface area contributed by atoms with Crippen LogP contribution in [0.25, 0.3) is 143 Å². The van der Waals surface area contributed by atoms with E-state index in [1.165, 1.54) is 22.3 Å². The molecule has 16 aromatic carbocycles. The molecule has 0 amide bonds. The fraction of sp³-hybridized carbons (Fsp3) is 0.107. The number of anilines is 9. The SMILES string of the molecule is CC(C)(C)c1ccc(-c2cc3c4oc5ccccc5c4c2-c2c(cc(N(c4cccc5ccccc45)c4cccc5c4oc4ccccc45)c4c2oc2ccccc24)-c2ccc(cc2)N(c2ccc(C(C)(C)C)cc2)c2ccc(cc2)C(C)(C)c2cccc4oc5c(cccc5c24)N3c2cccc3ccccc23)cc1. The number of para-hydroxylation sites is 5. The molecule has 528 valence electrons. The van der Waals surface area contributed by atoms with Crippen molar-refractivity contribution >= 4 is 160 Å². The molecule has 5 aliphatic rings. The van der Waals surface area contributed by atoms with Crippen LogP contribution in [0.4, 0.5) is 51.2 Å². The first-order valence-corrected chi connectivity index (χ1v) is 38.2. The van der Waals surface area contributed by atoms with Crippen molar-refractivity contribution in [2.24, 2.45) is 0 Å². The normalized spacial score (nSPS) is 13.3. The first-order valence-electron chi connectivity index (χ1n) is 38.2. The average molecular weight is 1420 g/mol. The van der Waals surface area contributed by atoms with Gasteiger partial charge in [-0.25, -0.2) is 0 Å². The van der Waals surface area contributed by atoms with Crippen LogP contribution in [0, 0.1) is 0 Å². The van der Waals surface area contributed by atoms with E-state index < -0.39 is 5.41 Å². The van der Waals surface area contributed by atoms with E-state index in [4.69, 9.17) is 17.7 Å². The molecule has 0 saturated heterocycles. The van der Waals surface area contributed by atoms with Gasteiger partial charge in [-0.2, -0.15) is 0 Å². The molecule has 9 heterocycles. The van der Waals surface area contributed by atoms with E-state index in [0.29, 0.717) is 11.2 Å². The number of nitrogens with zero attached hydrogens (tertiary/aromatic N) is 3. The third-order valence-electron chi connectivity index (χ3n) is 23.4. The van der Waals surface area contributed by atoms with Crippen molar-refractivity contribution in [2.75, 3.05) is 14.7 Å². The number of hydrogen-bond donors (Lipinski definition) is 0. The van der Waals surface area contributed by atoms with Gasteiger partial charge in [0.05, 0.1) is 39.5 Å². The minimum Gasteiger partial charge on any atom is -0.455 e. The zero-order valence-corrected chi connectivity index (χ0v) is 62.6. The minimum absolute atomic E-state index is 0.0541. The third-order valence-corrected chi connectivity index (χ3v) is 23.4. The molecule has 0 aliphatic carbocycles. The number of benzene rings is 16. The first kappa shape index (κ1) is 65.0. The lowest BCUT2D eigenvalue weighted by Gasteiger charge is -2.31. The van der Waals surface area contributed by atoms with Crippen molar-refractivity contribution in [1.29, 1.82) is 0 Å². The van der Waals surface area contributed by atoms with Gasteiger partial charge >= 0.3 is 0 Å². The van der Waals surface area contributed by atoms with Crippen LogP contribution in [0.15, 0.2) is 339 Å². The van der Waals surface area contributed by atoms with Gasteiger partial charge in [-0.3, -0.25) is 0 Å². The Balaban J connectivity index is 0.968. The predicted molar refractivity (Wildman–Crippen MR) is 460 cm³/mol. The molecule has 4 aromatic heterocycles. The fourth-order valence-electron chi connectivity index (χ4n) is 17.8. The van der Waals surface area contributed by atoms with E-state index in [1.807, 2.05) is 0 Å². The van der Waals surface area contributed by atoms with Crippen molar-refractivity contribution in [3.63, 3.8) is 0 Å². The van der Waals surface area contributed by atoms with Crippen molar-refractivity contribution in [2.45, 2.75) is 71.6 Å². The quantitative estimate of drug-likeness (QED) is 0.164. The Labute approximate surface area is 637 Å². The predicted octanol–water partition coefficient (Wildman–Crippen LogP) is 30.2. The van der Waals surface area contributed by atoms with Gasteiger partial charge in [0.1, 0.15) is 27.9 Å². The molecule has 7 heteroatoms. The molecule has 25 rings (SSSR count). The van der Waals surface area contributed by atoms with Crippen molar-refractivity contribution in [3.05, 3.63) is 344 Å². The van der Waals surface area contributed by atoms with Crippen molar-refractivity contribution in [3.8, 4) is 33.4 Å². The smallest absolute Gasteiger partial charge is 0.160 e. The Morgan fingerprint density at radius 2 is 0.745 bits per heavy atom. The summed E-state index contributed by atoms with van der Waals surface area (Å²) in [5.41, 5.74) is 24.5. The van der Waals surface area contributed by atoms with Crippen LogP contribution < -0.4 is 14.7 Å². The van der Waals surface area contributed by atoms with Gasteiger partial charge in [-0.05, 0) is 163 Å². The number of furan rings is 4. The topological polar surface area (TPSA) is 62.3 Å². The summed E-state index contributed by atoms with van der Waals surface area (Å²) in [5, 5.41) is 12.3. The van der Waals surface area contributed by atoms with Crippen LogP contribution in [0.5, 0.6) is 0 Å². The largest absolute Gasteiger partial charge is 0.455 e. The van der Waals surface area contributed by atoms with Crippen molar-refractivity contribution in [1.82, 2.24) is 0 Å². The zero-order chi connectivity index (χ0) is 74.1. The monoisotopic (exact) mass is 1420 g/mol. The summed E-state index contributed by atoms with van der Waals surface area (Å²) in [6, 6.07) is 118. The van der Waals surface area contributed by atoms with Crippen LogP contribution in [-0.2, 0) is 16.2 Å². The molecule has 0 unspecified atom stereocenters. The number of hydrogen-bond acceptors (Lipinski definition) is 7. The molecular weight excluding hydrogens is 1340 g/mol. The first-order chi connectivity index (χ1) is 53.6. The summed E-state index contributed by atoms with van der Waals surface area (Å²) in [4.78, 5) is 7.27. The lowest BCUT2D eigenvalue weighted by molar-refractivity contribution is 0.590. The second kappa shape index (κ2) is 24.3. The molecule has 0 N–H and O–H groups in total. The summed E-state index contributed by atoms with van der Waals surface area (Å²) in [6.45, 7) is 18.4. The van der Waals surface area contributed by atoms with Gasteiger partial charge in [-0.15, -0.1) is 0 Å². The Morgan fingerprint density at radius 3 is 1.43 bits per heavy atom. The van der Waals surface area contributed by atoms with Gasteiger partial charge in [0.15, 0.2) is 16.7 Å². The van der Waals surface area contributed by atoms with E-state index in [2.05, 4.69) is 392 Å². The maximum atomic E-state index is 7.95. The molecule has 110 heavy (non-hydrogen) atoms. The van der Waals surface area contributed by atoms with Gasteiger partial charge in [-0.1, -0.05) is 280 Å². The standard InChI is InChI=1S/C103H77N3O4/c1-101(2,3)66-48-44-64(45-49-66)79-61-87-99-95(77-32-15-18-42-90(77)108-99)94(79)96-80(60-86(93-76-31-14-17-41-89(76)109-100(93)96)105(82-36-19-26-62-24-9-11-28-72(62)82)84-38-21-33-75-74-30-13-16-40-88(74)107-97(75)84)65-46-54-69(55-47-65)104(70-56-50-67(51-57-70)102(4,5)6)71-58-52-68(53-59-71)103(7,8)81-35-23-43-91-92(81)78-34-22-39-85(98(78)110-91)106(87)83-37-20-27-63-25-10-12-29-73(63)83/h9-61H,1-8H3. The summed E-state index contributed by atoms with van der Waals surface area (Å²) >= 11 is 0. The third kappa shape index (κ3) is 10.0. The van der Waals surface area contributed by atoms with Gasteiger partial charge in [0.2, 0.25) is 0 Å². The highest BCUT2D eigenvalue weighted by Crippen LogP contribution is 2.59. The zero-order valence-electron chi connectivity index (χ0n) is 62.6. The fourth-order valence-corrected chi connectivity index (χ4v) is 17.8. The number of rotatable bonds is 6. The summed E-state index contributed by atoms with van der Waals surface area (Å²) in [7, 11) is 0. The van der Waals surface area contributed by atoms with Gasteiger partial charge < -0.3 is 32.4 Å². The lowest BCUT2D eigenvalue weighted by atomic mass is 9.76. The molecule has 0 fully saturated rings. The van der Waals surface area contributed by atoms with Gasteiger partial charge in [0, 0.05) is 82.1 Å². The van der Waals surface area contributed by atoms with Crippen molar-refractivity contribution < 1.29 is 17.7 Å². The van der Waals surface area contributed by atoms with E-state index in [0.717, 1.165) is 183 Å². The second-order valence-corrected chi connectivity index (χ2v) is 32.3. The Kier molecular flexibility index (Phi) is 14.4. The highest BCUT2D eigenvalue weighted by molar-refractivity contribution is 6.29. The second-order valence-electron chi connectivity index (χ2n) is 32.3. The Bertz CT molecular complexity index is 7130. The summed E-state index contributed by atoms with van der Waals surface area (Å²) in [5.74, 6) is 0. The molecule has 0 atom stereocenters. The molecule has 7 nitrogen and oxygen atoms in total. The molecule has 0 spiro atoms. The van der Waals surface area contributed by atoms with E-state index in [9.17, 15) is 0 Å². The molecule has 5 aliphatic heterocycles. The highest BCUT2D eigenvalue weighted by Gasteiger charge is 2.36. The minimum atomic E-state index is -0.495.